The summed E-state index contributed by atoms with van der Waals surface area (Å²) in [5.41, 5.74) is 2.28. The van der Waals surface area contributed by atoms with Gasteiger partial charge in [0.05, 0.1) is 18.4 Å². The minimum atomic E-state index is -0.135. The Hall–Kier alpha value is -2.22. The quantitative estimate of drug-likeness (QED) is 0.289. The van der Waals surface area contributed by atoms with Crippen LogP contribution in [0.2, 0.25) is 0 Å². The molecule has 0 unspecified atom stereocenters. The first-order valence-corrected chi connectivity index (χ1v) is 12.8. The molecule has 0 bridgehead atoms. The molecule has 0 aliphatic heterocycles. The van der Waals surface area contributed by atoms with E-state index in [0.717, 1.165) is 37.9 Å². The van der Waals surface area contributed by atoms with Crippen LogP contribution in [0.3, 0.4) is 0 Å². The van der Waals surface area contributed by atoms with Crippen LogP contribution in [0.1, 0.15) is 48.8 Å². The highest BCUT2D eigenvalue weighted by Crippen LogP contribution is 2.30. The normalized spacial score (nSPS) is 10.9. The Morgan fingerprint density at radius 2 is 2.03 bits per heavy atom. The molecule has 3 rings (SSSR count). The van der Waals surface area contributed by atoms with Crippen LogP contribution in [0.5, 0.6) is 0 Å². The summed E-state index contributed by atoms with van der Waals surface area (Å²) in [5.74, 6) is 2.80. The lowest BCUT2D eigenvalue weighted by Gasteiger charge is -2.11. The lowest BCUT2D eigenvalue weighted by atomic mass is 10.2. The second kappa shape index (κ2) is 11.4. The maximum atomic E-state index is 12.6. The highest BCUT2D eigenvalue weighted by Gasteiger charge is 2.20. The Labute approximate surface area is 194 Å². The van der Waals surface area contributed by atoms with Crippen molar-refractivity contribution >= 4 is 46.6 Å². The van der Waals surface area contributed by atoms with Gasteiger partial charge in [-0.15, -0.1) is 10.2 Å². The maximum absolute atomic E-state index is 12.6. The molecule has 0 fully saturated rings. The van der Waals surface area contributed by atoms with Gasteiger partial charge in [0, 0.05) is 23.6 Å². The summed E-state index contributed by atoms with van der Waals surface area (Å²) in [4.78, 5) is 12.6. The SMILES string of the molecule is CCCCSc1nnc(SCCC(=O)Nc2c(C#N)c(C)c(C)n2Cc2ccco2)s1. The third-order valence-electron chi connectivity index (χ3n) is 4.76. The van der Waals surface area contributed by atoms with Gasteiger partial charge in [0.25, 0.3) is 0 Å². The molecule has 3 aromatic rings. The summed E-state index contributed by atoms with van der Waals surface area (Å²) >= 11 is 4.83. The monoisotopic (exact) mass is 475 g/mol. The molecule has 0 saturated heterocycles. The first-order valence-electron chi connectivity index (χ1n) is 10.0. The van der Waals surface area contributed by atoms with E-state index in [1.165, 1.54) is 18.2 Å². The lowest BCUT2D eigenvalue weighted by Crippen LogP contribution is -2.17. The average Bonchev–Trinajstić information content (AvgIpc) is 3.47. The van der Waals surface area contributed by atoms with Crippen molar-refractivity contribution < 1.29 is 9.21 Å². The maximum Gasteiger partial charge on any atom is 0.226 e. The van der Waals surface area contributed by atoms with Crippen molar-refractivity contribution in [1.29, 1.82) is 5.26 Å². The van der Waals surface area contributed by atoms with Crippen LogP contribution < -0.4 is 5.32 Å². The smallest absolute Gasteiger partial charge is 0.226 e. The molecule has 3 aromatic heterocycles. The molecule has 164 valence electrons. The van der Waals surface area contributed by atoms with Gasteiger partial charge in [-0.3, -0.25) is 4.79 Å². The summed E-state index contributed by atoms with van der Waals surface area (Å²) in [6, 6.07) is 5.92. The third-order valence-corrected chi connectivity index (χ3v) is 8.04. The third kappa shape index (κ3) is 6.15. The molecule has 1 amide bonds. The van der Waals surface area contributed by atoms with E-state index in [1.807, 2.05) is 30.5 Å². The fourth-order valence-corrected chi connectivity index (χ4v) is 6.11. The van der Waals surface area contributed by atoms with Gasteiger partial charge in [0.1, 0.15) is 17.6 Å². The van der Waals surface area contributed by atoms with Crippen LogP contribution in [0, 0.1) is 25.2 Å². The second-order valence-corrected chi connectivity index (χ2v) is 10.6. The van der Waals surface area contributed by atoms with Crippen molar-refractivity contribution in [2.24, 2.45) is 0 Å². The first kappa shape index (κ1) is 23.4. The Kier molecular flexibility index (Phi) is 8.63. The van der Waals surface area contributed by atoms with Gasteiger partial charge in [-0.25, -0.2) is 0 Å². The van der Waals surface area contributed by atoms with Gasteiger partial charge < -0.3 is 14.3 Å². The number of aromatic nitrogens is 3. The van der Waals surface area contributed by atoms with E-state index in [4.69, 9.17) is 4.42 Å². The molecule has 0 spiro atoms. The average molecular weight is 476 g/mol. The zero-order valence-electron chi connectivity index (χ0n) is 17.8. The number of hydrogen-bond donors (Lipinski definition) is 1. The fraction of sp³-hybridized carbons (Fsp3) is 0.429. The van der Waals surface area contributed by atoms with Crippen LogP contribution in [-0.2, 0) is 11.3 Å². The standard InChI is InChI=1S/C21H25N5O2S3/c1-4-5-10-29-20-24-25-21(31-20)30-11-8-18(27)23-19-17(12-22)14(2)15(3)26(19)13-16-7-6-9-28-16/h6-7,9H,4-5,8,10-11,13H2,1-3H3,(H,23,27). The molecule has 31 heavy (non-hydrogen) atoms. The number of nitrogens with zero attached hydrogens (tertiary/aromatic N) is 4. The number of nitrogens with one attached hydrogen (secondary N) is 1. The number of hydrogen-bond acceptors (Lipinski definition) is 8. The fourth-order valence-electron chi connectivity index (χ4n) is 2.93. The molecule has 0 aliphatic carbocycles. The number of furan rings is 1. The predicted octanol–water partition coefficient (Wildman–Crippen LogP) is 5.48. The van der Waals surface area contributed by atoms with Crippen LogP contribution in [0.4, 0.5) is 5.82 Å². The largest absolute Gasteiger partial charge is 0.467 e. The Balaban J connectivity index is 1.59. The van der Waals surface area contributed by atoms with E-state index in [2.05, 4.69) is 28.5 Å². The van der Waals surface area contributed by atoms with Crippen molar-refractivity contribution in [2.45, 2.75) is 55.3 Å². The van der Waals surface area contributed by atoms with E-state index in [9.17, 15) is 10.1 Å². The topological polar surface area (TPSA) is 96.7 Å². The molecule has 7 nitrogen and oxygen atoms in total. The van der Waals surface area contributed by atoms with Crippen LogP contribution in [0.25, 0.3) is 0 Å². The minimum Gasteiger partial charge on any atom is -0.467 e. The highest BCUT2D eigenvalue weighted by molar-refractivity contribution is 8.03. The summed E-state index contributed by atoms with van der Waals surface area (Å²) < 4.78 is 9.21. The Morgan fingerprint density at radius 3 is 2.68 bits per heavy atom. The van der Waals surface area contributed by atoms with Crippen molar-refractivity contribution in [3.05, 3.63) is 41.0 Å². The molecule has 1 N–H and O–H groups in total. The van der Waals surface area contributed by atoms with E-state index in [0.29, 0.717) is 30.1 Å². The Bertz CT molecular complexity index is 1050. The summed E-state index contributed by atoms with van der Waals surface area (Å²) in [7, 11) is 0. The Morgan fingerprint density at radius 1 is 1.29 bits per heavy atom. The van der Waals surface area contributed by atoms with Gasteiger partial charge >= 0.3 is 0 Å². The van der Waals surface area contributed by atoms with Crippen LogP contribution in [-0.4, -0.2) is 32.2 Å². The van der Waals surface area contributed by atoms with Crippen molar-refractivity contribution in [3.63, 3.8) is 0 Å². The summed E-state index contributed by atoms with van der Waals surface area (Å²) in [6.45, 7) is 6.46. The van der Waals surface area contributed by atoms with Crippen LogP contribution in [0.15, 0.2) is 31.5 Å². The van der Waals surface area contributed by atoms with Gasteiger partial charge in [0.2, 0.25) is 5.91 Å². The summed E-state index contributed by atoms with van der Waals surface area (Å²) in [5, 5.41) is 21.0. The second-order valence-electron chi connectivity index (χ2n) is 6.89. The molecule has 0 radical (unpaired) electrons. The van der Waals surface area contributed by atoms with E-state index in [1.54, 1.807) is 29.4 Å². The number of thioether (sulfide) groups is 2. The molecule has 10 heteroatoms. The number of nitriles is 1. The predicted molar refractivity (Wildman–Crippen MR) is 126 cm³/mol. The summed E-state index contributed by atoms with van der Waals surface area (Å²) in [6.07, 6.45) is 4.26. The molecular formula is C21H25N5O2S3. The van der Waals surface area contributed by atoms with E-state index in [-0.39, 0.29) is 5.91 Å². The van der Waals surface area contributed by atoms with Gasteiger partial charge in [0.15, 0.2) is 8.68 Å². The molecule has 0 aliphatic rings. The first-order chi connectivity index (χ1) is 15.0. The zero-order valence-corrected chi connectivity index (χ0v) is 20.3. The number of carbonyl (C=O) groups is 1. The van der Waals surface area contributed by atoms with Gasteiger partial charge in [-0.1, -0.05) is 48.2 Å². The molecular weight excluding hydrogens is 450 g/mol. The number of carbonyl (C=O) groups excluding carboxylic acids is 1. The highest BCUT2D eigenvalue weighted by atomic mass is 32.2. The molecule has 0 atom stereocenters. The number of unbranched alkanes of at least 4 members (excludes halogenated alkanes) is 1. The lowest BCUT2D eigenvalue weighted by molar-refractivity contribution is -0.115. The zero-order chi connectivity index (χ0) is 22.2. The number of rotatable bonds is 11. The molecule has 0 saturated carbocycles. The number of anilines is 1. The van der Waals surface area contributed by atoms with Crippen LogP contribution >= 0.6 is 34.9 Å². The van der Waals surface area contributed by atoms with Gasteiger partial charge in [-0.2, -0.15) is 5.26 Å². The van der Waals surface area contributed by atoms with E-state index < -0.39 is 0 Å². The number of amides is 1. The van der Waals surface area contributed by atoms with Crippen molar-refractivity contribution in [1.82, 2.24) is 14.8 Å². The molecule has 3 heterocycles. The van der Waals surface area contributed by atoms with Gasteiger partial charge in [-0.05, 0) is 38.0 Å². The van der Waals surface area contributed by atoms with E-state index >= 15 is 0 Å². The van der Waals surface area contributed by atoms with Crippen molar-refractivity contribution in [3.8, 4) is 6.07 Å². The molecule has 0 aromatic carbocycles. The minimum absolute atomic E-state index is 0.135. The van der Waals surface area contributed by atoms with Crippen molar-refractivity contribution in [2.75, 3.05) is 16.8 Å².